The van der Waals surface area contributed by atoms with E-state index in [4.69, 9.17) is 0 Å². The van der Waals surface area contributed by atoms with E-state index in [0.29, 0.717) is 5.92 Å². The van der Waals surface area contributed by atoms with Crippen molar-refractivity contribution in [1.29, 1.82) is 0 Å². The van der Waals surface area contributed by atoms with Gasteiger partial charge in [0.2, 0.25) is 0 Å². The second-order valence-corrected chi connectivity index (χ2v) is 2.38. The fourth-order valence-corrected chi connectivity index (χ4v) is 0.506. The third-order valence-electron chi connectivity index (χ3n) is 1.76. The minimum atomic E-state index is 0.236. The van der Waals surface area contributed by atoms with Gasteiger partial charge in [-0.3, -0.25) is 0 Å². The Morgan fingerprint density at radius 1 is 1.50 bits per heavy atom. The van der Waals surface area contributed by atoms with Crippen molar-refractivity contribution in [2.24, 2.45) is 11.8 Å². The first-order chi connectivity index (χ1) is 3.72. The fraction of sp³-hybridized carbons (Fsp3) is 0.857. The lowest BCUT2D eigenvalue weighted by atomic mass is 9.95. The van der Waals surface area contributed by atoms with Crippen molar-refractivity contribution in [3.05, 3.63) is 0 Å². The maximum absolute atomic E-state index is 10.1. The highest BCUT2D eigenvalue weighted by Gasteiger charge is 2.06. The van der Waals surface area contributed by atoms with Gasteiger partial charge in [0, 0.05) is 5.92 Å². The summed E-state index contributed by atoms with van der Waals surface area (Å²) in [7, 11) is 0. The van der Waals surface area contributed by atoms with Gasteiger partial charge >= 0.3 is 0 Å². The number of hydrogen-bond donors (Lipinski definition) is 0. The van der Waals surface area contributed by atoms with Crippen LogP contribution in [0, 0.1) is 11.8 Å². The van der Waals surface area contributed by atoms with E-state index in [2.05, 4.69) is 13.8 Å². The van der Waals surface area contributed by atoms with Gasteiger partial charge in [-0.05, 0) is 5.92 Å². The minimum Gasteiger partial charge on any atom is -0.303 e. The molecule has 0 saturated carbocycles. The largest absolute Gasteiger partial charge is 0.303 e. The Labute approximate surface area is 51.1 Å². The highest BCUT2D eigenvalue weighted by atomic mass is 16.1. The summed E-state index contributed by atoms with van der Waals surface area (Å²) < 4.78 is 0. The summed E-state index contributed by atoms with van der Waals surface area (Å²) in [6, 6.07) is 0. The molecule has 0 aliphatic rings. The molecule has 0 saturated heterocycles. The van der Waals surface area contributed by atoms with Crippen molar-refractivity contribution in [2.45, 2.75) is 27.2 Å². The van der Waals surface area contributed by atoms with Crippen molar-refractivity contribution >= 4 is 6.29 Å². The summed E-state index contributed by atoms with van der Waals surface area (Å²) in [6.07, 6.45) is 2.12. The first kappa shape index (κ1) is 7.67. The summed E-state index contributed by atoms with van der Waals surface area (Å²) >= 11 is 0. The molecular formula is C7H14O. The summed E-state index contributed by atoms with van der Waals surface area (Å²) in [6.45, 7) is 6.16. The number of hydrogen-bond acceptors (Lipinski definition) is 1. The zero-order chi connectivity index (χ0) is 6.57. The van der Waals surface area contributed by atoms with E-state index >= 15 is 0 Å². The number of carbonyl (C=O) groups excluding carboxylic acids is 1. The summed E-state index contributed by atoms with van der Waals surface area (Å²) in [5, 5.41) is 0. The van der Waals surface area contributed by atoms with Crippen LogP contribution in [0.3, 0.4) is 0 Å². The lowest BCUT2D eigenvalue weighted by molar-refractivity contribution is -0.111. The molecule has 0 heterocycles. The van der Waals surface area contributed by atoms with E-state index in [-0.39, 0.29) is 5.92 Å². The molecule has 0 unspecified atom stereocenters. The molecule has 1 heteroatoms. The molecule has 0 aliphatic carbocycles. The van der Waals surface area contributed by atoms with Gasteiger partial charge in [-0.1, -0.05) is 27.2 Å². The molecule has 0 bridgehead atoms. The predicted octanol–water partition coefficient (Wildman–Crippen LogP) is 1.87. The van der Waals surface area contributed by atoms with Crippen LogP contribution in [0.2, 0.25) is 0 Å². The minimum absolute atomic E-state index is 0.236. The van der Waals surface area contributed by atoms with Gasteiger partial charge in [-0.15, -0.1) is 0 Å². The van der Waals surface area contributed by atoms with Crippen LogP contribution in [0.25, 0.3) is 0 Å². The van der Waals surface area contributed by atoms with Gasteiger partial charge in [0.15, 0.2) is 0 Å². The molecule has 8 heavy (non-hydrogen) atoms. The third kappa shape index (κ3) is 2.10. The number of rotatable bonds is 3. The maximum Gasteiger partial charge on any atom is 0.123 e. The molecule has 0 aromatic carbocycles. The topological polar surface area (TPSA) is 17.1 Å². The second-order valence-electron chi connectivity index (χ2n) is 2.38. The van der Waals surface area contributed by atoms with Gasteiger partial charge in [0.25, 0.3) is 0 Å². The van der Waals surface area contributed by atoms with Gasteiger partial charge in [0.05, 0.1) is 0 Å². The molecule has 0 rings (SSSR count). The SMILES string of the molecule is CC[C@@H](C)[C@@H](C)C=O. The first-order valence-corrected chi connectivity index (χ1v) is 3.17. The Morgan fingerprint density at radius 2 is 2.00 bits per heavy atom. The highest BCUT2D eigenvalue weighted by Crippen LogP contribution is 2.10. The van der Waals surface area contributed by atoms with Crippen LogP contribution >= 0.6 is 0 Å². The summed E-state index contributed by atoms with van der Waals surface area (Å²) in [4.78, 5) is 10.1. The highest BCUT2D eigenvalue weighted by molar-refractivity contribution is 5.53. The molecule has 0 radical (unpaired) electrons. The lowest BCUT2D eigenvalue weighted by Gasteiger charge is -2.09. The summed E-state index contributed by atoms with van der Waals surface area (Å²) in [5.74, 6) is 0.785. The molecular weight excluding hydrogens is 100 g/mol. The molecule has 0 aliphatic heterocycles. The molecule has 0 aromatic heterocycles. The van der Waals surface area contributed by atoms with E-state index in [9.17, 15) is 4.79 Å². The Balaban J connectivity index is 3.44. The molecule has 0 N–H and O–H groups in total. The molecule has 1 nitrogen and oxygen atoms in total. The van der Waals surface area contributed by atoms with Crippen molar-refractivity contribution in [3.8, 4) is 0 Å². The van der Waals surface area contributed by atoms with E-state index in [1.807, 2.05) is 6.92 Å². The maximum atomic E-state index is 10.1. The molecule has 0 amide bonds. The Morgan fingerprint density at radius 3 is 2.12 bits per heavy atom. The normalized spacial score (nSPS) is 17.4. The van der Waals surface area contributed by atoms with Crippen molar-refractivity contribution in [1.82, 2.24) is 0 Å². The van der Waals surface area contributed by atoms with Gasteiger partial charge in [0.1, 0.15) is 6.29 Å². The average Bonchev–Trinajstić information content (AvgIpc) is 1.84. The average molecular weight is 114 g/mol. The van der Waals surface area contributed by atoms with Crippen LogP contribution in [0.5, 0.6) is 0 Å². The van der Waals surface area contributed by atoms with Crippen molar-refractivity contribution < 1.29 is 4.79 Å². The Bertz CT molecular complexity index is 68.8. The van der Waals surface area contributed by atoms with E-state index in [1.54, 1.807) is 0 Å². The zero-order valence-electron chi connectivity index (χ0n) is 5.85. The second kappa shape index (κ2) is 3.65. The Kier molecular flexibility index (Phi) is 3.49. The molecule has 0 fully saturated rings. The standard InChI is InChI=1S/C7H14O/c1-4-6(2)7(3)5-8/h5-7H,4H2,1-3H3/t6-,7+/m1/s1. The lowest BCUT2D eigenvalue weighted by Crippen LogP contribution is -2.06. The van der Waals surface area contributed by atoms with E-state index in [1.165, 1.54) is 0 Å². The quantitative estimate of drug-likeness (QED) is 0.512. The van der Waals surface area contributed by atoms with Crippen LogP contribution in [-0.2, 0) is 4.79 Å². The van der Waals surface area contributed by atoms with Gasteiger partial charge in [-0.25, -0.2) is 0 Å². The monoisotopic (exact) mass is 114 g/mol. The molecule has 0 spiro atoms. The van der Waals surface area contributed by atoms with Crippen molar-refractivity contribution in [2.75, 3.05) is 0 Å². The van der Waals surface area contributed by atoms with Crippen LogP contribution in [-0.4, -0.2) is 6.29 Å². The zero-order valence-corrected chi connectivity index (χ0v) is 5.85. The number of aldehydes is 1. The molecule has 0 aromatic rings. The van der Waals surface area contributed by atoms with Crippen LogP contribution < -0.4 is 0 Å². The fourth-order valence-electron chi connectivity index (χ4n) is 0.506. The smallest absolute Gasteiger partial charge is 0.123 e. The first-order valence-electron chi connectivity index (χ1n) is 3.17. The molecule has 2 atom stereocenters. The molecule has 48 valence electrons. The third-order valence-corrected chi connectivity index (χ3v) is 1.76. The van der Waals surface area contributed by atoms with Crippen LogP contribution in [0.15, 0.2) is 0 Å². The van der Waals surface area contributed by atoms with Crippen molar-refractivity contribution in [3.63, 3.8) is 0 Å². The van der Waals surface area contributed by atoms with Gasteiger partial charge < -0.3 is 4.79 Å². The number of carbonyl (C=O) groups is 1. The van der Waals surface area contributed by atoms with E-state index in [0.717, 1.165) is 12.7 Å². The van der Waals surface area contributed by atoms with E-state index < -0.39 is 0 Å². The summed E-state index contributed by atoms with van der Waals surface area (Å²) in [5.41, 5.74) is 0. The van der Waals surface area contributed by atoms with Crippen LogP contribution in [0.4, 0.5) is 0 Å². The Hall–Kier alpha value is -0.330. The van der Waals surface area contributed by atoms with Gasteiger partial charge in [-0.2, -0.15) is 0 Å². The predicted molar refractivity (Wildman–Crippen MR) is 34.7 cm³/mol. The van der Waals surface area contributed by atoms with Crippen LogP contribution in [0.1, 0.15) is 27.2 Å².